The van der Waals surface area contributed by atoms with Gasteiger partial charge >= 0.3 is 0 Å². The summed E-state index contributed by atoms with van der Waals surface area (Å²) in [5.74, 6) is 1.44. The van der Waals surface area contributed by atoms with Crippen molar-refractivity contribution >= 4 is 0 Å². The lowest BCUT2D eigenvalue weighted by Crippen LogP contribution is -2.54. The van der Waals surface area contributed by atoms with E-state index < -0.39 is 0 Å². The highest BCUT2D eigenvalue weighted by atomic mass is 15.2. The van der Waals surface area contributed by atoms with Crippen molar-refractivity contribution in [2.75, 3.05) is 19.6 Å². The molecule has 1 aliphatic heterocycles. The highest BCUT2D eigenvalue weighted by Crippen LogP contribution is 2.38. The Balaban J connectivity index is 2.88. The lowest BCUT2D eigenvalue weighted by molar-refractivity contribution is 0.0671. The first kappa shape index (κ1) is 16.0. The predicted octanol–water partition coefficient (Wildman–Crippen LogP) is 3.51. The van der Waals surface area contributed by atoms with E-state index in [2.05, 4.69) is 46.4 Å². The topological polar surface area (TPSA) is 29.3 Å². The molecule has 0 amide bonds. The third-order valence-corrected chi connectivity index (χ3v) is 4.30. The van der Waals surface area contributed by atoms with E-state index in [-0.39, 0.29) is 5.54 Å². The normalized spacial score (nSPS) is 21.2. The first-order chi connectivity index (χ1) is 8.21. The number of hydrogen-bond acceptors (Lipinski definition) is 2. The van der Waals surface area contributed by atoms with Gasteiger partial charge in [-0.05, 0) is 43.1 Å². The molecule has 0 spiro atoms. The van der Waals surface area contributed by atoms with Crippen LogP contribution in [0, 0.1) is 17.3 Å². The highest BCUT2D eigenvalue weighted by Gasteiger charge is 2.42. The van der Waals surface area contributed by atoms with Crippen LogP contribution in [0.3, 0.4) is 0 Å². The van der Waals surface area contributed by atoms with Gasteiger partial charge in [0, 0.05) is 18.6 Å². The summed E-state index contributed by atoms with van der Waals surface area (Å²) in [4.78, 5) is 2.70. The molecule has 1 saturated heterocycles. The molecule has 0 saturated carbocycles. The Kier molecular flexibility index (Phi) is 5.25. The van der Waals surface area contributed by atoms with Crippen molar-refractivity contribution in [2.45, 2.75) is 66.3 Å². The maximum atomic E-state index is 6.23. The number of rotatable bonds is 6. The maximum Gasteiger partial charge on any atom is 0.0336 e. The monoisotopic (exact) mass is 254 g/mol. The molecule has 1 aliphatic rings. The second-order valence-electron chi connectivity index (χ2n) is 7.96. The molecule has 18 heavy (non-hydrogen) atoms. The lowest BCUT2D eigenvalue weighted by Gasteiger charge is -2.44. The van der Waals surface area contributed by atoms with Crippen molar-refractivity contribution < 1.29 is 0 Å². The molecule has 1 fully saturated rings. The fraction of sp³-hybridized carbons (Fsp3) is 1.00. The second-order valence-corrected chi connectivity index (χ2v) is 7.96. The van der Waals surface area contributed by atoms with Crippen LogP contribution in [0.2, 0.25) is 0 Å². The molecule has 108 valence electrons. The average Bonchev–Trinajstić information content (AvgIpc) is 2.56. The van der Waals surface area contributed by atoms with E-state index in [0.717, 1.165) is 18.4 Å². The Morgan fingerprint density at radius 2 is 1.61 bits per heavy atom. The number of nitrogens with two attached hydrogens (primary N) is 1. The molecule has 2 heteroatoms. The van der Waals surface area contributed by atoms with Gasteiger partial charge in [0.2, 0.25) is 0 Å². The summed E-state index contributed by atoms with van der Waals surface area (Å²) in [5.41, 5.74) is 6.93. The summed E-state index contributed by atoms with van der Waals surface area (Å²) >= 11 is 0. The Hall–Kier alpha value is -0.0800. The molecule has 0 bridgehead atoms. The number of likely N-dealkylation sites (tertiary alicyclic amines) is 1. The van der Waals surface area contributed by atoms with Crippen molar-refractivity contribution in [1.29, 1.82) is 0 Å². The minimum atomic E-state index is 0.232. The summed E-state index contributed by atoms with van der Waals surface area (Å²) in [7, 11) is 0. The van der Waals surface area contributed by atoms with Gasteiger partial charge in [-0.25, -0.2) is 0 Å². The quantitative estimate of drug-likeness (QED) is 0.786. The summed E-state index contributed by atoms with van der Waals surface area (Å²) in [6, 6.07) is 0. The second kappa shape index (κ2) is 5.92. The van der Waals surface area contributed by atoms with Crippen LogP contribution in [0.15, 0.2) is 0 Å². The molecular formula is C16H34N2. The van der Waals surface area contributed by atoms with Crippen LogP contribution in [-0.4, -0.2) is 30.1 Å². The van der Waals surface area contributed by atoms with E-state index in [9.17, 15) is 0 Å². The first-order valence-corrected chi connectivity index (χ1v) is 7.66. The average molecular weight is 254 g/mol. The fourth-order valence-electron chi connectivity index (χ4n) is 3.67. The third-order valence-electron chi connectivity index (χ3n) is 4.30. The van der Waals surface area contributed by atoms with Crippen LogP contribution >= 0.6 is 0 Å². The first-order valence-electron chi connectivity index (χ1n) is 7.66. The van der Waals surface area contributed by atoms with Crippen molar-refractivity contribution in [3.63, 3.8) is 0 Å². The smallest absolute Gasteiger partial charge is 0.0336 e. The zero-order valence-corrected chi connectivity index (χ0v) is 13.4. The van der Waals surface area contributed by atoms with Gasteiger partial charge in [0.05, 0.1) is 0 Å². The molecule has 0 aromatic rings. The summed E-state index contributed by atoms with van der Waals surface area (Å²) in [5, 5.41) is 0. The van der Waals surface area contributed by atoms with E-state index in [1.807, 2.05) is 0 Å². The number of nitrogens with zero attached hydrogens (tertiary/aromatic N) is 1. The molecule has 0 atom stereocenters. The van der Waals surface area contributed by atoms with Crippen LogP contribution in [0.4, 0.5) is 0 Å². The van der Waals surface area contributed by atoms with Gasteiger partial charge in [-0.1, -0.05) is 41.5 Å². The standard InChI is InChI=1S/C16H34N2/c1-13(2)9-16(11-17,10-14(3)4)18-8-7-15(5,6)12-18/h13-14H,7-12,17H2,1-6H3. The Morgan fingerprint density at radius 1 is 1.11 bits per heavy atom. The zero-order chi connectivity index (χ0) is 14.0. The maximum absolute atomic E-state index is 6.23. The minimum Gasteiger partial charge on any atom is -0.329 e. The molecule has 2 nitrogen and oxygen atoms in total. The van der Waals surface area contributed by atoms with Crippen LogP contribution in [-0.2, 0) is 0 Å². The van der Waals surface area contributed by atoms with Gasteiger partial charge in [0.25, 0.3) is 0 Å². The molecule has 0 aromatic heterocycles. The van der Waals surface area contributed by atoms with E-state index in [1.54, 1.807) is 0 Å². The van der Waals surface area contributed by atoms with Gasteiger partial charge in [-0.15, -0.1) is 0 Å². The van der Waals surface area contributed by atoms with E-state index >= 15 is 0 Å². The summed E-state index contributed by atoms with van der Waals surface area (Å²) in [6.45, 7) is 17.3. The molecule has 2 N–H and O–H groups in total. The van der Waals surface area contributed by atoms with Gasteiger partial charge < -0.3 is 5.73 Å². The largest absolute Gasteiger partial charge is 0.329 e. The van der Waals surface area contributed by atoms with Gasteiger partial charge in [0.15, 0.2) is 0 Å². The van der Waals surface area contributed by atoms with Gasteiger partial charge in [-0.2, -0.15) is 0 Å². The highest BCUT2D eigenvalue weighted by molar-refractivity contribution is 4.98. The van der Waals surface area contributed by atoms with Crippen molar-refractivity contribution in [3.8, 4) is 0 Å². The van der Waals surface area contributed by atoms with Gasteiger partial charge in [-0.3, -0.25) is 4.90 Å². The van der Waals surface area contributed by atoms with E-state index in [4.69, 9.17) is 5.73 Å². The molecule has 1 heterocycles. The van der Waals surface area contributed by atoms with Crippen LogP contribution in [0.5, 0.6) is 0 Å². The minimum absolute atomic E-state index is 0.232. The van der Waals surface area contributed by atoms with Crippen molar-refractivity contribution in [3.05, 3.63) is 0 Å². The molecule has 0 radical (unpaired) electrons. The Labute approximate surface area is 114 Å². The molecule has 0 aromatic carbocycles. The van der Waals surface area contributed by atoms with Crippen LogP contribution in [0.25, 0.3) is 0 Å². The summed E-state index contributed by atoms with van der Waals surface area (Å²) in [6.07, 6.45) is 3.78. The fourth-order valence-corrected chi connectivity index (χ4v) is 3.67. The van der Waals surface area contributed by atoms with Crippen molar-refractivity contribution in [1.82, 2.24) is 4.90 Å². The van der Waals surface area contributed by atoms with Crippen molar-refractivity contribution in [2.24, 2.45) is 23.0 Å². The molecule has 0 unspecified atom stereocenters. The SMILES string of the molecule is CC(C)CC(CN)(CC(C)C)N1CCC(C)(C)C1. The van der Waals surface area contributed by atoms with E-state index in [1.165, 1.54) is 32.4 Å². The lowest BCUT2D eigenvalue weighted by atomic mass is 9.80. The third kappa shape index (κ3) is 3.96. The van der Waals surface area contributed by atoms with Gasteiger partial charge in [0.1, 0.15) is 0 Å². The molecule has 0 aliphatic carbocycles. The van der Waals surface area contributed by atoms with E-state index in [0.29, 0.717) is 5.41 Å². The summed E-state index contributed by atoms with van der Waals surface area (Å²) < 4.78 is 0. The Bertz CT molecular complexity index is 246. The zero-order valence-electron chi connectivity index (χ0n) is 13.4. The Morgan fingerprint density at radius 3 is 1.89 bits per heavy atom. The number of hydrogen-bond donors (Lipinski definition) is 1. The predicted molar refractivity (Wildman–Crippen MR) is 80.7 cm³/mol. The van der Waals surface area contributed by atoms with Crippen LogP contribution in [0.1, 0.15) is 60.8 Å². The molecule has 1 rings (SSSR count). The van der Waals surface area contributed by atoms with Crippen LogP contribution < -0.4 is 5.73 Å². The molecular weight excluding hydrogens is 220 g/mol.